The topological polar surface area (TPSA) is 47.6 Å². The fourth-order valence-electron chi connectivity index (χ4n) is 1.27. The molecule has 4 heteroatoms. The van der Waals surface area contributed by atoms with Crippen LogP contribution < -0.4 is 5.32 Å². The average molecular weight is 255 g/mol. The number of methoxy groups -OCH3 is 1. The van der Waals surface area contributed by atoms with Gasteiger partial charge in [0.2, 0.25) is 0 Å². The molecule has 0 saturated heterocycles. The van der Waals surface area contributed by atoms with Crippen molar-refractivity contribution in [3.05, 3.63) is 23.3 Å². The highest BCUT2D eigenvalue weighted by molar-refractivity contribution is 5.67. The second kappa shape index (κ2) is 10.8. The van der Waals surface area contributed by atoms with Crippen LogP contribution in [0.3, 0.4) is 0 Å². The number of allylic oxidation sites excluding steroid dienone is 3. The molecule has 0 heterocycles. The van der Waals surface area contributed by atoms with Gasteiger partial charge in [-0.2, -0.15) is 0 Å². The summed E-state index contributed by atoms with van der Waals surface area (Å²) in [5, 5.41) is 2.66. The van der Waals surface area contributed by atoms with Crippen molar-refractivity contribution in [3.8, 4) is 0 Å². The van der Waals surface area contributed by atoms with E-state index >= 15 is 0 Å². The van der Waals surface area contributed by atoms with E-state index < -0.39 is 6.09 Å². The van der Waals surface area contributed by atoms with Crippen LogP contribution >= 0.6 is 0 Å². The van der Waals surface area contributed by atoms with Crippen LogP contribution in [-0.4, -0.2) is 33.0 Å². The molecule has 1 amide bonds. The van der Waals surface area contributed by atoms with Gasteiger partial charge >= 0.3 is 6.09 Å². The van der Waals surface area contributed by atoms with Crippen LogP contribution in [0.25, 0.3) is 0 Å². The smallest absolute Gasteiger partial charge is 0.407 e. The molecule has 0 aliphatic carbocycles. The fourth-order valence-corrected chi connectivity index (χ4v) is 1.27. The molecule has 0 aromatic heterocycles. The van der Waals surface area contributed by atoms with Crippen molar-refractivity contribution >= 4 is 6.09 Å². The lowest BCUT2D eigenvalue weighted by molar-refractivity contribution is 0.0992. The molecule has 0 rings (SSSR count). The van der Waals surface area contributed by atoms with E-state index in [1.54, 1.807) is 7.11 Å². The minimum absolute atomic E-state index is 0.283. The standard InChI is InChI=1S/C14H25NO3/c1-12(2)6-5-7-13(3)8-9-15-14(16)18-11-10-17-4/h6,8H,5,7,9-11H2,1-4H3,(H,15,16)/b13-8-. The number of carbonyl (C=O) groups excluding carboxylic acids is 1. The second-order valence-corrected chi connectivity index (χ2v) is 4.38. The van der Waals surface area contributed by atoms with Gasteiger partial charge in [0.15, 0.2) is 0 Å². The summed E-state index contributed by atoms with van der Waals surface area (Å²) in [7, 11) is 1.57. The molecule has 0 radical (unpaired) electrons. The van der Waals surface area contributed by atoms with Crippen LogP contribution in [0.15, 0.2) is 23.3 Å². The number of amides is 1. The Hall–Kier alpha value is -1.29. The maximum absolute atomic E-state index is 11.2. The predicted molar refractivity (Wildman–Crippen MR) is 73.6 cm³/mol. The summed E-state index contributed by atoms with van der Waals surface area (Å²) in [6.45, 7) is 7.47. The van der Waals surface area contributed by atoms with Gasteiger partial charge in [-0.1, -0.05) is 23.3 Å². The van der Waals surface area contributed by atoms with Crippen molar-refractivity contribution in [1.82, 2.24) is 5.32 Å². The van der Waals surface area contributed by atoms with E-state index in [1.807, 2.05) is 6.08 Å². The van der Waals surface area contributed by atoms with Crippen molar-refractivity contribution < 1.29 is 14.3 Å². The summed E-state index contributed by atoms with van der Waals surface area (Å²) in [5.41, 5.74) is 2.60. The van der Waals surface area contributed by atoms with Crippen molar-refractivity contribution in [2.45, 2.75) is 33.6 Å². The lowest BCUT2D eigenvalue weighted by Crippen LogP contribution is -2.25. The highest BCUT2D eigenvalue weighted by Crippen LogP contribution is 2.05. The molecule has 0 fully saturated rings. The molecule has 1 N–H and O–H groups in total. The average Bonchev–Trinajstić information content (AvgIpc) is 2.29. The molecule has 4 nitrogen and oxygen atoms in total. The molecule has 104 valence electrons. The van der Waals surface area contributed by atoms with Gasteiger partial charge in [0.25, 0.3) is 0 Å². The lowest BCUT2D eigenvalue weighted by atomic mass is 10.1. The van der Waals surface area contributed by atoms with E-state index in [9.17, 15) is 4.79 Å². The first-order valence-electron chi connectivity index (χ1n) is 6.24. The molecular weight excluding hydrogens is 230 g/mol. The summed E-state index contributed by atoms with van der Waals surface area (Å²) >= 11 is 0. The van der Waals surface area contributed by atoms with Crippen LogP contribution in [0.4, 0.5) is 4.79 Å². The zero-order chi connectivity index (χ0) is 13.8. The van der Waals surface area contributed by atoms with Crippen molar-refractivity contribution in [2.75, 3.05) is 26.9 Å². The van der Waals surface area contributed by atoms with Gasteiger partial charge in [-0.25, -0.2) is 4.79 Å². The Kier molecular flexibility index (Phi) is 10.1. The maximum atomic E-state index is 11.2. The van der Waals surface area contributed by atoms with Crippen LogP contribution in [-0.2, 0) is 9.47 Å². The molecule has 0 atom stereocenters. The molecule has 0 aliphatic heterocycles. The van der Waals surface area contributed by atoms with E-state index in [0.29, 0.717) is 13.2 Å². The summed E-state index contributed by atoms with van der Waals surface area (Å²) in [6.07, 6.45) is 5.88. The molecule has 18 heavy (non-hydrogen) atoms. The zero-order valence-corrected chi connectivity index (χ0v) is 11.9. The number of hydrogen-bond acceptors (Lipinski definition) is 3. The Morgan fingerprint density at radius 1 is 1.17 bits per heavy atom. The summed E-state index contributed by atoms with van der Waals surface area (Å²) in [5.74, 6) is 0. The fraction of sp³-hybridized carbons (Fsp3) is 0.643. The monoisotopic (exact) mass is 255 g/mol. The summed E-state index contributed by atoms with van der Waals surface area (Å²) in [4.78, 5) is 11.2. The van der Waals surface area contributed by atoms with E-state index in [2.05, 4.69) is 32.2 Å². The Morgan fingerprint density at radius 2 is 1.89 bits per heavy atom. The highest BCUT2D eigenvalue weighted by atomic mass is 16.6. The first-order valence-corrected chi connectivity index (χ1v) is 6.24. The minimum atomic E-state index is -0.402. The predicted octanol–water partition coefficient (Wildman–Crippen LogP) is 3.05. The van der Waals surface area contributed by atoms with Gasteiger partial charge in [0.1, 0.15) is 6.61 Å². The van der Waals surface area contributed by atoms with Crippen LogP contribution in [0.5, 0.6) is 0 Å². The zero-order valence-electron chi connectivity index (χ0n) is 11.9. The largest absolute Gasteiger partial charge is 0.447 e. The number of rotatable bonds is 8. The number of carbonyl (C=O) groups is 1. The SMILES string of the molecule is COCCOC(=O)NC/C=C(/C)CCC=C(C)C. The molecule has 0 unspecified atom stereocenters. The molecule has 0 bridgehead atoms. The Labute approximate surface area is 110 Å². The van der Waals surface area contributed by atoms with Gasteiger partial charge < -0.3 is 14.8 Å². The van der Waals surface area contributed by atoms with Gasteiger partial charge in [-0.05, 0) is 33.6 Å². The van der Waals surface area contributed by atoms with Gasteiger partial charge in [0, 0.05) is 13.7 Å². The summed E-state index contributed by atoms with van der Waals surface area (Å²) in [6, 6.07) is 0. The molecule has 0 aromatic rings. The van der Waals surface area contributed by atoms with Crippen LogP contribution in [0.2, 0.25) is 0 Å². The Morgan fingerprint density at radius 3 is 2.50 bits per heavy atom. The highest BCUT2D eigenvalue weighted by Gasteiger charge is 1.98. The number of nitrogens with one attached hydrogen (secondary N) is 1. The first-order chi connectivity index (χ1) is 8.56. The molecule has 0 saturated carbocycles. The third kappa shape index (κ3) is 11.2. The second-order valence-electron chi connectivity index (χ2n) is 4.38. The quantitative estimate of drug-likeness (QED) is 0.535. The van der Waals surface area contributed by atoms with Crippen LogP contribution in [0.1, 0.15) is 33.6 Å². The lowest BCUT2D eigenvalue weighted by Gasteiger charge is -2.05. The van der Waals surface area contributed by atoms with E-state index in [-0.39, 0.29) is 6.61 Å². The Balaban J connectivity index is 3.66. The molecule has 0 aromatic carbocycles. The molecule has 0 aliphatic rings. The molecular formula is C14H25NO3. The summed E-state index contributed by atoms with van der Waals surface area (Å²) < 4.78 is 9.64. The number of ether oxygens (including phenoxy) is 2. The van der Waals surface area contributed by atoms with Crippen molar-refractivity contribution in [2.24, 2.45) is 0 Å². The van der Waals surface area contributed by atoms with E-state index in [0.717, 1.165) is 12.8 Å². The van der Waals surface area contributed by atoms with Crippen LogP contribution in [0, 0.1) is 0 Å². The van der Waals surface area contributed by atoms with E-state index in [4.69, 9.17) is 9.47 Å². The van der Waals surface area contributed by atoms with Crippen molar-refractivity contribution in [3.63, 3.8) is 0 Å². The number of alkyl carbamates (subject to hydrolysis) is 1. The van der Waals surface area contributed by atoms with Gasteiger partial charge in [-0.15, -0.1) is 0 Å². The Bertz CT molecular complexity index is 291. The first kappa shape index (κ1) is 16.7. The third-order valence-electron chi connectivity index (χ3n) is 2.31. The van der Waals surface area contributed by atoms with Gasteiger partial charge in [0.05, 0.1) is 6.61 Å². The van der Waals surface area contributed by atoms with E-state index in [1.165, 1.54) is 11.1 Å². The number of hydrogen-bond donors (Lipinski definition) is 1. The molecule has 0 spiro atoms. The van der Waals surface area contributed by atoms with Gasteiger partial charge in [-0.3, -0.25) is 0 Å². The van der Waals surface area contributed by atoms with Crippen molar-refractivity contribution in [1.29, 1.82) is 0 Å². The third-order valence-corrected chi connectivity index (χ3v) is 2.31. The maximum Gasteiger partial charge on any atom is 0.407 e. The normalized spacial score (nSPS) is 11.0. The minimum Gasteiger partial charge on any atom is -0.447 e.